The van der Waals surface area contributed by atoms with Crippen molar-refractivity contribution in [2.24, 2.45) is 0 Å². The van der Waals surface area contributed by atoms with Crippen molar-refractivity contribution in [2.75, 3.05) is 0 Å². The first-order valence-corrected chi connectivity index (χ1v) is 3.32. The average Bonchev–Trinajstić information content (AvgIpc) is 1.60. The molecule has 0 N–H and O–H groups in total. The number of ether oxygens (including phenoxy) is 1. The number of hydroxylamine groups is 1. The van der Waals surface area contributed by atoms with Crippen LogP contribution in [0.2, 0.25) is 0 Å². The Kier molecular flexibility index (Phi) is 2.84. The highest BCUT2D eigenvalue weighted by Gasteiger charge is 2.26. The van der Waals surface area contributed by atoms with E-state index in [0.29, 0.717) is 4.74 Å². The molecule has 0 aromatic rings. The Hall–Kier alpha value is -0.570. The number of hydrogen-bond acceptors (Lipinski definition) is 2. The second kappa shape index (κ2) is 3.01. The molecule has 0 aliphatic carbocycles. The highest BCUT2D eigenvalue weighted by molar-refractivity contribution is 5.15. The Morgan fingerprint density at radius 1 is 1.50 bits per heavy atom. The molecule has 3 nitrogen and oxygen atoms in total. The standard InChI is InChI=1S/C7H15NO2/c1-6(2)10-7(3,4)8(5)9/h6H,5H2,1-4H3. The molecule has 0 rings (SSSR count). The van der Waals surface area contributed by atoms with Crippen molar-refractivity contribution in [3.05, 3.63) is 5.21 Å². The molecule has 10 heavy (non-hydrogen) atoms. The molecule has 0 amide bonds. The lowest BCUT2D eigenvalue weighted by Gasteiger charge is -2.24. The number of hydrogen-bond donors (Lipinski definition) is 0. The topological polar surface area (TPSA) is 35.3 Å². The molecule has 0 bridgehead atoms. The molecule has 0 spiro atoms. The van der Waals surface area contributed by atoms with Crippen molar-refractivity contribution in [2.45, 2.75) is 39.5 Å². The smallest absolute Gasteiger partial charge is 0.271 e. The quantitative estimate of drug-likeness (QED) is 0.197. The average molecular weight is 145 g/mol. The van der Waals surface area contributed by atoms with E-state index >= 15 is 0 Å². The van der Waals surface area contributed by atoms with Gasteiger partial charge in [0.1, 0.15) is 6.72 Å². The molecule has 0 radical (unpaired) electrons. The fraction of sp³-hybridized carbons (Fsp3) is 0.857. The molecule has 0 atom stereocenters. The highest BCUT2D eigenvalue weighted by Crippen LogP contribution is 2.11. The van der Waals surface area contributed by atoms with Crippen LogP contribution in [0.3, 0.4) is 0 Å². The summed E-state index contributed by atoms with van der Waals surface area (Å²) in [4.78, 5) is 0. The Balaban J connectivity index is 4.00. The lowest BCUT2D eigenvalue weighted by atomic mass is 10.3. The van der Waals surface area contributed by atoms with Crippen LogP contribution in [0.5, 0.6) is 0 Å². The van der Waals surface area contributed by atoms with E-state index in [-0.39, 0.29) is 6.10 Å². The van der Waals surface area contributed by atoms with Crippen molar-refractivity contribution >= 4 is 6.72 Å². The summed E-state index contributed by atoms with van der Waals surface area (Å²) in [5.74, 6) is 0. The Morgan fingerprint density at radius 2 is 1.90 bits per heavy atom. The van der Waals surface area contributed by atoms with Crippen LogP contribution >= 0.6 is 0 Å². The zero-order valence-corrected chi connectivity index (χ0v) is 7.05. The van der Waals surface area contributed by atoms with E-state index in [9.17, 15) is 5.21 Å². The van der Waals surface area contributed by atoms with Crippen molar-refractivity contribution < 1.29 is 9.48 Å². The van der Waals surface area contributed by atoms with E-state index < -0.39 is 5.72 Å². The van der Waals surface area contributed by atoms with Gasteiger partial charge in [0.05, 0.1) is 6.10 Å². The fourth-order valence-electron chi connectivity index (χ4n) is 0.636. The van der Waals surface area contributed by atoms with E-state index in [1.807, 2.05) is 13.8 Å². The zero-order chi connectivity index (χ0) is 8.36. The van der Waals surface area contributed by atoms with Gasteiger partial charge in [-0.15, -0.1) is 0 Å². The minimum absolute atomic E-state index is 0.0493. The molecule has 0 aromatic heterocycles. The van der Waals surface area contributed by atoms with Crippen LogP contribution in [0.4, 0.5) is 0 Å². The van der Waals surface area contributed by atoms with Gasteiger partial charge in [-0.2, -0.15) is 4.74 Å². The van der Waals surface area contributed by atoms with Crippen molar-refractivity contribution in [1.29, 1.82) is 0 Å². The Labute approximate surface area is 61.9 Å². The highest BCUT2D eigenvalue weighted by atomic mass is 16.6. The summed E-state index contributed by atoms with van der Waals surface area (Å²) in [5.41, 5.74) is -0.811. The van der Waals surface area contributed by atoms with Gasteiger partial charge < -0.3 is 9.94 Å². The maximum absolute atomic E-state index is 10.7. The predicted molar refractivity (Wildman–Crippen MR) is 41.0 cm³/mol. The number of nitrogens with zero attached hydrogens (tertiary/aromatic N) is 1. The molecule has 0 saturated carbocycles. The third-order valence-corrected chi connectivity index (χ3v) is 1.12. The molecule has 0 fully saturated rings. The third kappa shape index (κ3) is 2.82. The molecule has 0 unspecified atom stereocenters. The molecule has 60 valence electrons. The molecule has 0 aliphatic heterocycles. The predicted octanol–water partition coefficient (Wildman–Crippen LogP) is 1.36. The van der Waals surface area contributed by atoms with Crippen molar-refractivity contribution in [3.63, 3.8) is 0 Å². The van der Waals surface area contributed by atoms with E-state index in [1.165, 1.54) is 0 Å². The zero-order valence-electron chi connectivity index (χ0n) is 7.05. The normalized spacial score (nSPS) is 12.1. The molecular weight excluding hydrogens is 130 g/mol. The first kappa shape index (κ1) is 9.43. The van der Waals surface area contributed by atoms with Crippen LogP contribution in [0.15, 0.2) is 0 Å². The largest absolute Gasteiger partial charge is 0.622 e. The summed E-state index contributed by atoms with van der Waals surface area (Å²) >= 11 is 0. The van der Waals surface area contributed by atoms with Crippen LogP contribution in [0.25, 0.3) is 0 Å². The van der Waals surface area contributed by atoms with Crippen molar-refractivity contribution in [1.82, 2.24) is 0 Å². The van der Waals surface area contributed by atoms with Gasteiger partial charge in [0, 0.05) is 13.8 Å². The van der Waals surface area contributed by atoms with Gasteiger partial charge in [0.15, 0.2) is 0 Å². The first-order chi connectivity index (χ1) is 4.36. The fourth-order valence-corrected chi connectivity index (χ4v) is 0.636. The third-order valence-electron chi connectivity index (χ3n) is 1.12. The maximum atomic E-state index is 10.7. The molecular formula is C7H15NO2. The summed E-state index contributed by atoms with van der Waals surface area (Å²) in [5, 5.41) is 10.7. The lowest BCUT2D eigenvalue weighted by molar-refractivity contribution is -0.599. The molecule has 3 heteroatoms. The minimum atomic E-state index is -0.811. The molecule has 0 aromatic carbocycles. The Morgan fingerprint density at radius 3 is 2.00 bits per heavy atom. The van der Waals surface area contributed by atoms with Gasteiger partial charge in [-0.1, -0.05) is 0 Å². The van der Waals surface area contributed by atoms with Gasteiger partial charge >= 0.3 is 0 Å². The van der Waals surface area contributed by atoms with Crippen LogP contribution < -0.4 is 0 Å². The lowest BCUT2D eigenvalue weighted by Crippen LogP contribution is -2.37. The van der Waals surface area contributed by atoms with E-state index in [4.69, 9.17) is 4.74 Å². The Bertz CT molecular complexity index is 130. The summed E-state index contributed by atoms with van der Waals surface area (Å²) in [6.45, 7) is 10.4. The molecule has 0 saturated heterocycles. The van der Waals surface area contributed by atoms with Gasteiger partial charge in [-0.05, 0) is 13.8 Å². The minimum Gasteiger partial charge on any atom is -0.622 e. The second-order valence-electron chi connectivity index (χ2n) is 2.99. The van der Waals surface area contributed by atoms with Gasteiger partial charge in [0.25, 0.3) is 5.72 Å². The molecule has 0 heterocycles. The van der Waals surface area contributed by atoms with E-state index in [1.54, 1.807) is 13.8 Å². The summed E-state index contributed by atoms with van der Waals surface area (Å²) in [7, 11) is 0. The van der Waals surface area contributed by atoms with Crippen LogP contribution in [0, 0.1) is 5.21 Å². The van der Waals surface area contributed by atoms with Crippen LogP contribution in [-0.2, 0) is 4.74 Å². The SMILES string of the molecule is C=[N+]([O-])C(C)(C)OC(C)C. The first-order valence-electron chi connectivity index (χ1n) is 3.32. The maximum Gasteiger partial charge on any atom is 0.271 e. The van der Waals surface area contributed by atoms with E-state index in [2.05, 4.69) is 6.72 Å². The monoisotopic (exact) mass is 145 g/mol. The van der Waals surface area contributed by atoms with Gasteiger partial charge in [-0.25, -0.2) is 0 Å². The second-order valence-corrected chi connectivity index (χ2v) is 2.99. The van der Waals surface area contributed by atoms with E-state index in [0.717, 1.165) is 0 Å². The summed E-state index contributed by atoms with van der Waals surface area (Å²) in [6.07, 6.45) is 0.0493. The van der Waals surface area contributed by atoms with Crippen molar-refractivity contribution in [3.8, 4) is 0 Å². The molecule has 0 aliphatic rings. The van der Waals surface area contributed by atoms with Crippen LogP contribution in [-0.4, -0.2) is 23.3 Å². The van der Waals surface area contributed by atoms with Gasteiger partial charge in [-0.3, -0.25) is 0 Å². The van der Waals surface area contributed by atoms with Crippen LogP contribution in [0.1, 0.15) is 27.7 Å². The number of rotatable bonds is 3. The van der Waals surface area contributed by atoms with Gasteiger partial charge in [0.2, 0.25) is 0 Å². The summed E-state index contributed by atoms with van der Waals surface area (Å²) < 4.78 is 5.81. The summed E-state index contributed by atoms with van der Waals surface area (Å²) in [6, 6.07) is 0.